The largest absolute Gasteiger partial charge is 0.478 e. The van der Waals surface area contributed by atoms with Crippen LogP contribution >= 0.6 is 0 Å². The highest BCUT2D eigenvalue weighted by Crippen LogP contribution is 2.27. The van der Waals surface area contributed by atoms with Crippen molar-refractivity contribution >= 4 is 5.97 Å². The van der Waals surface area contributed by atoms with E-state index in [-0.39, 0.29) is 17.0 Å². The molecule has 0 aliphatic carbocycles. The Bertz CT molecular complexity index is 811. The van der Waals surface area contributed by atoms with E-state index in [1.807, 2.05) is 0 Å². The first-order valence-electron chi connectivity index (χ1n) is 6.19. The van der Waals surface area contributed by atoms with E-state index in [0.717, 1.165) is 0 Å². The van der Waals surface area contributed by atoms with Crippen molar-refractivity contribution in [3.8, 4) is 22.8 Å². The Balaban J connectivity index is 2.01. The first kappa shape index (κ1) is 13.1. The fraction of sp³-hybridized carbons (Fsp3) is 0. The van der Waals surface area contributed by atoms with Crippen LogP contribution in [0, 0.1) is 5.82 Å². The Morgan fingerprint density at radius 2 is 1.95 bits per heavy atom. The number of nitrogens with zero attached hydrogens (tertiary/aromatic N) is 1. The fourth-order valence-corrected chi connectivity index (χ4v) is 1.97. The second-order valence-electron chi connectivity index (χ2n) is 4.40. The number of rotatable bonds is 3. The van der Waals surface area contributed by atoms with Crippen LogP contribution in [0.2, 0.25) is 0 Å². The summed E-state index contributed by atoms with van der Waals surface area (Å²) in [6.45, 7) is 0. The van der Waals surface area contributed by atoms with Gasteiger partial charge in [-0.3, -0.25) is 0 Å². The zero-order valence-electron chi connectivity index (χ0n) is 10.8. The highest BCUT2D eigenvalue weighted by Gasteiger charge is 2.13. The summed E-state index contributed by atoms with van der Waals surface area (Å²) in [5, 5.41) is 8.98. The predicted molar refractivity (Wildman–Crippen MR) is 74.3 cm³/mol. The van der Waals surface area contributed by atoms with Gasteiger partial charge in [-0.25, -0.2) is 14.2 Å². The molecule has 0 spiro atoms. The number of carboxylic acids is 1. The smallest absolute Gasteiger partial charge is 0.335 e. The standard InChI is InChI=1S/C16H10FNO3/c17-13-7-2-1-6-12(13)15-18-9-14(21-15)10-4-3-5-11(8-10)16(19)20/h1-9H,(H,19,20). The minimum absolute atomic E-state index is 0.149. The van der Waals surface area contributed by atoms with E-state index < -0.39 is 11.8 Å². The lowest BCUT2D eigenvalue weighted by Gasteiger charge is -1.99. The Labute approximate surface area is 119 Å². The second kappa shape index (κ2) is 5.20. The summed E-state index contributed by atoms with van der Waals surface area (Å²) in [5.74, 6) is -0.906. The molecule has 0 bridgehead atoms. The highest BCUT2D eigenvalue weighted by molar-refractivity contribution is 5.89. The molecule has 0 aliphatic rings. The zero-order valence-corrected chi connectivity index (χ0v) is 10.8. The molecule has 4 nitrogen and oxygen atoms in total. The van der Waals surface area contributed by atoms with E-state index >= 15 is 0 Å². The number of hydrogen-bond acceptors (Lipinski definition) is 3. The van der Waals surface area contributed by atoms with Gasteiger partial charge in [0.25, 0.3) is 0 Å². The Hall–Kier alpha value is -2.95. The Morgan fingerprint density at radius 3 is 2.71 bits per heavy atom. The molecule has 0 unspecified atom stereocenters. The average molecular weight is 283 g/mol. The van der Waals surface area contributed by atoms with Crippen LogP contribution in [0.25, 0.3) is 22.8 Å². The lowest BCUT2D eigenvalue weighted by atomic mass is 10.1. The van der Waals surface area contributed by atoms with E-state index in [2.05, 4.69) is 4.98 Å². The monoisotopic (exact) mass is 283 g/mol. The molecule has 0 radical (unpaired) electrons. The highest BCUT2D eigenvalue weighted by atomic mass is 19.1. The lowest BCUT2D eigenvalue weighted by molar-refractivity contribution is 0.0697. The molecule has 0 aliphatic heterocycles. The molecule has 1 heterocycles. The van der Waals surface area contributed by atoms with E-state index in [1.165, 1.54) is 24.4 Å². The molecule has 104 valence electrons. The third-order valence-corrected chi connectivity index (χ3v) is 3.00. The molecule has 0 saturated carbocycles. The van der Waals surface area contributed by atoms with Crippen LogP contribution in [0.15, 0.2) is 59.1 Å². The molecule has 0 fully saturated rings. The van der Waals surface area contributed by atoms with Gasteiger partial charge in [-0.2, -0.15) is 0 Å². The summed E-state index contributed by atoms with van der Waals surface area (Å²) < 4.78 is 19.2. The number of oxazole rings is 1. The number of carboxylic acid groups (broad SMARTS) is 1. The van der Waals surface area contributed by atoms with Gasteiger partial charge in [0.05, 0.1) is 17.3 Å². The summed E-state index contributed by atoms with van der Waals surface area (Å²) in [4.78, 5) is 15.0. The van der Waals surface area contributed by atoms with Gasteiger partial charge in [0.2, 0.25) is 5.89 Å². The van der Waals surface area contributed by atoms with Crippen LogP contribution in [-0.2, 0) is 0 Å². The summed E-state index contributed by atoms with van der Waals surface area (Å²) in [5.41, 5.74) is 0.986. The summed E-state index contributed by atoms with van der Waals surface area (Å²) >= 11 is 0. The lowest BCUT2D eigenvalue weighted by Crippen LogP contribution is -1.95. The maximum Gasteiger partial charge on any atom is 0.335 e. The van der Waals surface area contributed by atoms with Crippen LogP contribution in [0.1, 0.15) is 10.4 Å². The molecule has 0 saturated heterocycles. The van der Waals surface area contributed by atoms with Gasteiger partial charge in [0, 0.05) is 5.56 Å². The SMILES string of the molecule is O=C(O)c1cccc(-c2cnc(-c3ccccc3F)o2)c1. The first-order valence-corrected chi connectivity index (χ1v) is 6.19. The molecule has 3 rings (SSSR count). The van der Waals surface area contributed by atoms with Crippen LogP contribution < -0.4 is 0 Å². The number of hydrogen-bond donors (Lipinski definition) is 1. The van der Waals surface area contributed by atoms with Gasteiger partial charge in [-0.15, -0.1) is 0 Å². The van der Waals surface area contributed by atoms with Crippen molar-refractivity contribution in [3.05, 3.63) is 66.1 Å². The third kappa shape index (κ3) is 2.53. The maximum atomic E-state index is 13.7. The molecule has 3 aromatic rings. The number of aromatic carboxylic acids is 1. The summed E-state index contributed by atoms with van der Waals surface area (Å²) in [6.07, 6.45) is 1.45. The zero-order chi connectivity index (χ0) is 14.8. The topological polar surface area (TPSA) is 63.3 Å². The normalized spacial score (nSPS) is 10.5. The van der Waals surface area contributed by atoms with Crippen LogP contribution in [0.5, 0.6) is 0 Å². The van der Waals surface area contributed by atoms with Gasteiger partial charge in [0.1, 0.15) is 5.82 Å². The van der Waals surface area contributed by atoms with Crippen molar-refractivity contribution < 1.29 is 18.7 Å². The quantitative estimate of drug-likeness (QED) is 0.793. The molecular weight excluding hydrogens is 273 g/mol. The van der Waals surface area contributed by atoms with Gasteiger partial charge in [-0.05, 0) is 24.3 Å². The Kier molecular flexibility index (Phi) is 3.23. The van der Waals surface area contributed by atoms with E-state index in [0.29, 0.717) is 11.3 Å². The molecule has 0 atom stereocenters. The minimum atomic E-state index is -1.02. The molecule has 5 heteroatoms. The van der Waals surface area contributed by atoms with E-state index in [9.17, 15) is 9.18 Å². The van der Waals surface area contributed by atoms with Gasteiger partial charge < -0.3 is 9.52 Å². The number of aromatic nitrogens is 1. The van der Waals surface area contributed by atoms with E-state index in [4.69, 9.17) is 9.52 Å². The number of carbonyl (C=O) groups is 1. The molecule has 0 amide bonds. The van der Waals surface area contributed by atoms with Crippen LogP contribution in [0.3, 0.4) is 0 Å². The first-order chi connectivity index (χ1) is 10.1. The predicted octanol–water partition coefficient (Wildman–Crippen LogP) is 3.85. The van der Waals surface area contributed by atoms with Crippen LogP contribution in [-0.4, -0.2) is 16.1 Å². The van der Waals surface area contributed by atoms with E-state index in [1.54, 1.807) is 30.3 Å². The summed E-state index contributed by atoms with van der Waals surface area (Å²) in [7, 11) is 0. The molecule has 1 aromatic heterocycles. The molecular formula is C16H10FNO3. The average Bonchev–Trinajstić information content (AvgIpc) is 2.97. The van der Waals surface area contributed by atoms with Crippen molar-refractivity contribution in [2.24, 2.45) is 0 Å². The maximum absolute atomic E-state index is 13.7. The fourth-order valence-electron chi connectivity index (χ4n) is 1.97. The van der Waals surface area contributed by atoms with Crippen molar-refractivity contribution in [3.63, 3.8) is 0 Å². The molecule has 1 N–H and O–H groups in total. The van der Waals surface area contributed by atoms with Gasteiger partial charge >= 0.3 is 5.97 Å². The third-order valence-electron chi connectivity index (χ3n) is 3.00. The van der Waals surface area contributed by atoms with Crippen molar-refractivity contribution in [2.45, 2.75) is 0 Å². The van der Waals surface area contributed by atoms with Crippen molar-refractivity contribution in [1.29, 1.82) is 0 Å². The Morgan fingerprint density at radius 1 is 1.14 bits per heavy atom. The van der Waals surface area contributed by atoms with Gasteiger partial charge in [0.15, 0.2) is 5.76 Å². The number of benzene rings is 2. The van der Waals surface area contributed by atoms with Crippen molar-refractivity contribution in [2.75, 3.05) is 0 Å². The second-order valence-corrected chi connectivity index (χ2v) is 4.40. The minimum Gasteiger partial charge on any atom is -0.478 e. The molecule has 21 heavy (non-hydrogen) atoms. The van der Waals surface area contributed by atoms with Crippen LogP contribution in [0.4, 0.5) is 4.39 Å². The summed E-state index contributed by atoms with van der Waals surface area (Å²) in [6, 6.07) is 12.4. The number of halogens is 1. The molecule has 2 aromatic carbocycles. The van der Waals surface area contributed by atoms with Crippen molar-refractivity contribution in [1.82, 2.24) is 4.98 Å². The van der Waals surface area contributed by atoms with Gasteiger partial charge in [-0.1, -0.05) is 24.3 Å².